The first kappa shape index (κ1) is 8.95. The van der Waals surface area contributed by atoms with E-state index in [4.69, 9.17) is 5.11 Å². The topological polar surface area (TPSA) is 94.7 Å². The molecule has 0 radical (unpaired) electrons. The van der Waals surface area contributed by atoms with Crippen molar-refractivity contribution < 1.29 is 9.90 Å². The average molecular weight is 257 g/mol. The van der Waals surface area contributed by atoms with Crippen molar-refractivity contribution in [2.45, 2.75) is 0 Å². The molecule has 2 rings (SSSR count). The van der Waals surface area contributed by atoms with Gasteiger partial charge in [-0.1, -0.05) is 0 Å². The second-order valence-corrected chi connectivity index (χ2v) is 3.42. The molecule has 2 aromatic heterocycles. The van der Waals surface area contributed by atoms with E-state index >= 15 is 0 Å². The fraction of sp³-hybridized carbons (Fsp3) is 0. The van der Waals surface area contributed by atoms with Gasteiger partial charge in [0.05, 0.1) is 16.4 Å². The first-order valence-corrected chi connectivity index (χ1v) is 4.45. The van der Waals surface area contributed by atoms with E-state index in [1.807, 2.05) is 0 Å². The number of nitrogens with zero attached hydrogens (tertiary/aromatic N) is 2. The molecule has 0 aliphatic carbocycles. The molecule has 0 bridgehead atoms. The van der Waals surface area contributed by atoms with Crippen LogP contribution in [-0.4, -0.2) is 31.5 Å². The van der Waals surface area contributed by atoms with Crippen molar-refractivity contribution in [3.05, 3.63) is 22.4 Å². The summed E-state index contributed by atoms with van der Waals surface area (Å²) in [6, 6.07) is 1.43. The van der Waals surface area contributed by atoms with Gasteiger partial charge in [-0.05, 0) is 15.9 Å². The predicted molar refractivity (Wildman–Crippen MR) is 50.8 cm³/mol. The molecule has 3 N–H and O–H groups in total. The van der Waals surface area contributed by atoms with Crippen LogP contribution in [0, 0.1) is 0 Å². The van der Waals surface area contributed by atoms with E-state index < -0.39 is 5.97 Å². The van der Waals surface area contributed by atoms with Crippen LogP contribution in [0.4, 0.5) is 0 Å². The van der Waals surface area contributed by atoms with Crippen LogP contribution in [-0.2, 0) is 0 Å². The van der Waals surface area contributed by atoms with Crippen molar-refractivity contribution in [2.24, 2.45) is 0 Å². The Bertz CT molecular complexity index is 475. The molecule has 0 saturated heterocycles. The summed E-state index contributed by atoms with van der Waals surface area (Å²) in [5, 5.41) is 21.4. The Balaban J connectivity index is 2.43. The number of H-pyrrole nitrogens is 2. The summed E-state index contributed by atoms with van der Waals surface area (Å²) in [7, 11) is 0. The maximum Gasteiger partial charge on any atom is 0.353 e. The minimum absolute atomic E-state index is 0.0431. The summed E-state index contributed by atoms with van der Waals surface area (Å²) in [5.74, 6) is -1.04. The quantitative estimate of drug-likeness (QED) is 0.754. The van der Waals surface area contributed by atoms with Crippen molar-refractivity contribution in [1.29, 1.82) is 0 Å². The summed E-state index contributed by atoms with van der Waals surface area (Å²) in [4.78, 5) is 10.6. The van der Waals surface area contributed by atoms with Crippen LogP contribution in [0.15, 0.2) is 16.7 Å². The zero-order chi connectivity index (χ0) is 10.1. The van der Waals surface area contributed by atoms with E-state index in [0.717, 1.165) is 4.47 Å². The number of carboxylic acids is 1. The molecule has 0 saturated carbocycles. The summed E-state index contributed by atoms with van der Waals surface area (Å²) in [5.41, 5.74) is 1.20. The number of halogens is 1. The molecule has 0 aliphatic rings. The zero-order valence-electron chi connectivity index (χ0n) is 6.78. The molecular weight excluding hydrogens is 252 g/mol. The molecule has 2 heterocycles. The molecule has 0 fully saturated rings. The Morgan fingerprint density at radius 3 is 2.79 bits per heavy atom. The van der Waals surface area contributed by atoms with Gasteiger partial charge in [-0.25, -0.2) is 4.79 Å². The van der Waals surface area contributed by atoms with Crippen LogP contribution in [0.2, 0.25) is 0 Å². The largest absolute Gasteiger partial charge is 0.477 e. The molecule has 0 spiro atoms. The maximum atomic E-state index is 10.6. The first-order chi connectivity index (χ1) is 6.68. The molecule has 6 nitrogen and oxygen atoms in total. The SMILES string of the molecule is O=C(O)c1cc(-c2[nH]ncc2Br)n[nH]1. The monoisotopic (exact) mass is 256 g/mol. The average Bonchev–Trinajstić information content (AvgIpc) is 2.71. The third-order valence-corrected chi connectivity index (χ3v) is 2.26. The van der Waals surface area contributed by atoms with Gasteiger partial charge in [-0.2, -0.15) is 10.2 Å². The standard InChI is InChI=1S/C7H5BrN4O2/c8-3-2-9-12-6(3)4-1-5(7(13)14)11-10-4/h1-2H,(H,9,12)(H,10,11)(H,13,14). The predicted octanol–water partition coefficient (Wildman–Crippen LogP) is 1.26. The van der Waals surface area contributed by atoms with Crippen LogP contribution in [0.25, 0.3) is 11.4 Å². The van der Waals surface area contributed by atoms with Crippen LogP contribution in [0.5, 0.6) is 0 Å². The number of hydrogen-bond acceptors (Lipinski definition) is 3. The van der Waals surface area contributed by atoms with Gasteiger partial charge in [0.2, 0.25) is 0 Å². The van der Waals surface area contributed by atoms with Crippen LogP contribution < -0.4 is 0 Å². The number of aromatic nitrogens is 4. The number of aromatic amines is 2. The third kappa shape index (κ3) is 1.41. The second-order valence-electron chi connectivity index (χ2n) is 2.56. The van der Waals surface area contributed by atoms with Gasteiger partial charge in [0.15, 0.2) is 0 Å². The van der Waals surface area contributed by atoms with Crippen LogP contribution in [0.3, 0.4) is 0 Å². The van der Waals surface area contributed by atoms with Gasteiger partial charge in [-0.3, -0.25) is 10.2 Å². The molecule has 0 aliphatic heterocycles. The van der Waals surface area contributed by atoms with Crippen molar-refractivity contribution in [2.75, 3.05) is 0 Å². The Hall–Kier alpha value is -1.63. The van der Waals surface area contributed by atoms with Gasteiger partial charge in [-0.15, -0.1) is 0 Å². The van der Waals surface area contributed by atoms with Gasteiger partial charge >= 0.3 is 5.97 Å². The molecule has 0 atom stereocenters. The van der Waals surface area contributed by atoms with E-state index in [0.29, 0.717) is 11.4 Å². The summed E-state index contributed by atoms with van der Waals surface area (Å²) in [6.45, 7) is 0. The van der Waals surface area contributed by atoms with E-state index in [2.05, 4.69) is 36.3 Å². The molecule has 72 valence electrons. The van der Waals surface area contributed by atoms with Gasteiger partial charge < -0.3 is 5.11 Å². The number of carbonyl (C=O) groups is 1. The van der Waals surface area contributed by atoms with E-state index in [9.17, 15) is 4.79 Å². The lowest BCUT2D eigenvalue weighted by Gasteiger charge is -1.88. The fourth-order valence-corrected chi connectivity index (χ4v) is 1.40. The van der Waals surface area contributed by atoms with Gasteiger partial charge in [0, 0.05) is 6.07 Å². The Morgan fingerprint density at radius 1 is 1.50 bits per heavy atom. The molecule has 0 unspecified atom stereocenters. The summed E-state index contributed by atoms with van der Waals surface area (Å²) >= 11 is 3.25. The third-order valence-electron chi connectivity index (χ3n) is 1.66. The highest BCUT2D eigenvalue weighted by Gasteiger charge is 2.12. The second kappa shape index (κ2) is 3.26. The molecule has 14 heavy (non-hydrogen) atoms. The fourth-order valence-electron chi connectivity index (χ4n) is 1.01. The van der Waals surface area contributed by atoms with Crippen molar-refractivity contribution in [3.63, 3.8) is 0 Å². The number of nitrogens with one attached hydrogen (secondary N) is 2. The molecular formula is C7H5BrN4O2. The number of carboxylic acid groups (broad SMARTS) is 1. The smallest absolute Gasteiger partial charge is 0.353 e. The Morgan fingerprint density at radius 2 is 2.29 bits per heavy atom. The van der Waals surface area contributed by atoms with Crippen LogP contribution in [0.1, 0.15) is 10.5 Å². The Labute approximate surface area is 86.5 Å². The molecule has 0 amide bonds. The number of hydrogen-bond donors (Lipinski definition) is 3. The summed E-state index contributed by atoms with van der Waals surface area (Å²) < 4.78 is 0.737. The Kier molecular flexibility index (Phi) is 2.08. The first-order valence-electron chi connectivity index (χ1n) is 3.66. The minimum atomic E-state index is -1.04. The van der Waals surface area contributed by atoms with E-state index in [1.165, 1.54) is 6.07 Å². The minimum Gasteiger partial charge on any atom is -0.477 e. The lowest BCUT2D eigenvalue weighted by atomic mass is 10.3. The lowest BCUT2D eigenvalue weighted by Crippen LogP contribution is -1.95. The van der Waals surface area contributed by atoms with Crippen molar-refractivity contribution in [3.8, 4) is 11.4 Å². The molecule has 2 aromatic rings. The molecule has 0 aromatic carbocycles. The van der Waals surface area contributed by atoms with E-state index in [1.54, 1.807) is 6.20 Å². The van der Waals surface area contributed by atoms with Gasteiger partial charge in [0.25, 0.3) is 0 Å². The summed E-state index contributed by atoms with van der Waals surface area (Å²) in [6.07, 6.45) is 1.57. The molecule has 7 heteroatoms. The van der Waals surface area contributed by atoms with Crippen LogP contribution >= 0.6 is 15.9 Å². The van der Waals surface area contributed by atoms with Crippen molar-refractivity contribution >= 4 is 21.9 Å². The highest BCUT2D eigenvalue weighted by molar-refractivity contribution is 9.10. The lowest BCUT2D eigenvalue weighted by molar-refractivity contribution is 0.0690. The number of aromatic carboxylic acids is 1. The van der Waals surface area contributed by atoms with Crippen molar-refractivity contribution in [1.82, 2.24) is 20.4 Å². The maximum absolute atomic E-state index is 10.6. The van der Waals surface area contributed by atoms with Gasteiger partial charge in [0.1, 0.15) is 11.4 Å². The highest BCUT2D eigenvalue weighted by Crippen LogP contribution is 2.23. The zero-order valence-corrected chi connectivity index (χ0v) is 8.37. The van der Waals surface area contributed by atoms with E-state index in [-0.39, 0.29) is 5.69 Å². The highest BCUT2D eigenvalue weighted by atomic mass is 79.9. The number of rotatable bonds is 2. The normalized spacial score (nSPS) is 10.4.